The predicted molar refractivity (Wildman–Crippen MR) is 102 cm³/mol. The van der Waals surface area contributed by atoms with E-state index >= 15 is 0 Å². The molecule has 1 aliphatic rings. The Balaban J connectivity index is 1.67. The molecule has 1 aromatic carbocycles. The predicted octanol–water partition coefficient (Wildman–Crippen LogP) is 3.16. The highest BCUT2D eigenvalue weighted by atomic mass is 19.4. The topological polar surface area (TPSA) is 90.4 Å². The zero-order chi connectivity index (χ0) is 20.9. The fourth-order valence-electron chi connectivity index (χ4n) is 3.02. The molecule has 3 N–H and O–H groups in total. The van der Waals surface area contributed by atoms with E-state index in [0.717, 1.165) is 12.6 Å². The largest absolute Gasteiger partial charge is 0.421 e. The number of hydrogen-bond donors (Lipinski definition) is 3. The Morgan fingerprint density at radius 2 is 1.97 bits per heavy atom. The van der Waals surface area contributed by atoms with Crippen LogP contribution in [0.2, 0.25) is 0 Å². The second-order valence-electron chi connectivity index (χ2n) is 6.70. The van der Waals surface area contributed by atoms with Crippen molar-refractivity contribution < 1.29 is 23.1 Å². The summed E-state index contributed by atoms with van der Waals surface area (Å²) in [5.41, 5.74) is 0.346. The van der Waals surface area contributed by atoms with Crippen molar-refractivity contribution in [1.82, 2.24) is 14.9 Å². The number of nitrogens with zero attached hydrogens (tertiary/aromatic N) is 3. The van der Waals surface area contributed by atoms with Crippen molar-refractivity contribution in [2.45, 2.75) is 32.0 Å². The van der Waals surface area contributed by atoms with E-state index in [1.807, 2.05) is 0 Å². The maximum atomic E-state index is 13.3. The van der Waals surface area contributed by atoms with Crippen LogP contribution >= 0.6 is 0 Å². The molecule has 0 radical (unpaired) electrons. The highest BCUT2D eigenvalue weighted by molar-refractivity contribution is 5.78. The minimum absolute atomic E-state index is 0.0203. The number of rotatable bonds is 8. The fourth-order valence-corrected chi connectivity index (χ4v) is 3.02. The molecule has 1 saturated heterocycles. The molecule has 2 heterocycles. The van der Waals surface area contributed by atoms with E-state index in [-0.39, 0.29) is 30.8 Å². The zero-order valence-electron chi connectivity index (χ0n) is 15.7. The summed E-state index contributed by atoms with van der Waals surface area (Å²) in [6.45, 7) is 1.34. The van der Waals surface area contributed by atoms with Crippen molar-refractivity contribution >= 4 is 23.4 Å². The maximum Gasteiger partial charge on any atom is 0.421 e. The zero-order valence-corrected chi connectivity index (χ0v) is 15.7. The molecule has 0 bridgehead atoms. The van der Waals surface area contributed by atoms with Crippen molar-refractivity contribution in [3.05, 3.63) is 41.6 Å². The lowest BCUT2D eigenvalue weighted by molar-refractivity contribution is -0.137. The first kappa shape index (κ1) is 20.8. The molecule has 3 rings (SSSR count). The van der Waals surface area contributed by atoms with Crippen molar-refractivity contribution in [3.63, 3.8) is 0 Å². The molecular formula is C19H22F3N5O2. The number of halogens is 3. The molecular weight excluding hydrogens is 387 g/mol. The summed E-state index contributed by atoms with van der Waals surface area (Å²) in [4.78, 5) is 21.1. The lowest BCUT2D eigenvalue weighted by Crippen LogP contribution is -2.27. The number of aliphatic hydroxyl groups excluding tert-OH is 1. The first-order valence-corrected chi connectivity index (χ1v) is 9.29. The number of aliphatic hydroxyl groups is 1. The number of carbonyl (C=O) groups is 1. The van der Waals surface area contributed by atoms with Gasteiger partial charge in [0.1, 0.15) is 11.4 Å². The normalized spacial score (nSPS) is 14.3. The van der Waals surface area contributed by atoms with Gasteiger partial charge in [-0.3, -0.25) is 4.79 Å². The smallest absolute Gasteiger partial charge is 0.392 e. The molecule has 0 unspecified atom stereocenters. The summed E-state index contributed by atoms with van der Waals surface area (Å²) in [5, 5.41) is 14.6. The van der Waals surface area contributed by atoms with Gasteiger partial charge in [0.2, 0.25) is 11.9 Å². The molecule has 1 fully saturated rings. The summed E-state index contributed by atoms with van der Waals surface area (Å²) in [6, 6.07) is 6.72. The molecule has 0 saturated carbocycles. The van der Waals surface area contributed by atoms with E-state index in [2.05, 4.69) is 20.6 Å². The van der Waals surface area contributed by atoms with Crippen LogP contribution < -0.4 is 10.6 Å². The van der Waals surface area contributed by atoms with Crippen molar-refractivity contribution in [2.75, 3.05) is 30.3 Å². The summed E-state index contributed by atoms with van der Waals surface area (Å²) in [7, 11) is 0. The summed E-state index contributed by atoms with van der Waals surface area (Å²) < 4.78 is 39.8. The van der Waals surface area contributed by atoms with Gasteiger partial charge < -0.3 is 20.6 Å². The Morgan fingerprint density at radius 3 is 2.59 bits per heavy atom. The van der Waals surface area contributed by atoms with Crippen molar-refractivity contribution in [3.8, 4) is 0 Å². The standard InChI is InChI=1S/C19H22F3N5O2/c20-19(21,22)15-11-24-18(25-14-6-4-13(12-28)5-7-14)26-17(15)23-8-2-10-27-9-1-3-16(27)29/h4-7,11,28H,1-3,8-10,12H2,(H2,23,24,25,26). The van der Waals surface area contributed by atoms with Gasteiger partial charge in [0.25, 0.3) is 0 Å². The quantitative estimate of drug-likeness (QED) is 0.581. The number of anilines is 3. The first-order chi connectivity index (χ1) is 13.9. The third-order valence-corrected chi connectivity index (χ3v) is 4.56. The molecule has 0 spiro atoms. The average molecular weight is 409 g/mol. The Bertz CT molecular complexity index is 843. The third-order valence-electron chi connectivity index (χ3n) is 4.56. The van der Waals surface area contributed by atoms with Gasteiger partial charge in [0, 0.05) is 37.9 Å². The van der Waals surface area contributed by atoms with Gasteiger partial charge in [-0.2, -0.15) is 18.2 Å². The minimum atomic E-state index is -4.59. The summed E-state index contributed by atoms with van der Waals surface area (Å²) >= 11 is 0. The average Bonchev–Trinajstić information content (AvgIpc) is 3.10. The lowest BCUT2D eigenvalue weighted by Gasteiger charge is -2.17. The van der Waals surface area contributed by atoms with E-state index in [0.29, 0.717) is 37.2 Å². The van der Waals surface area contributed by atoms with Crippen molar-refractivity contribution in [1.29, 1.82) is 0 Å². The van der Waals surface area contributed by atoms with Crippen LogP contribution in [-0.4, -0.2) is 45.5 Å². The molecule has 1 amide bonds. The fraction of sp³-hybridized carbons (Fsp3) is 0.421. The van der Waals surface area contributed by atoms with Gasteiger partial charge in [-0.1, -0.05) is 12.1 Å². The molecule has 2 aromatic rings. The molecule has 7 nitrogen and oxygen atoms in total. The van der Waals surface area contributed by atoms with E-state index in [9.17, 15) is 18.0 Å². The van der Waals surface area contributed by atoms with Crippen LogP contribution in [0.3, 0.4) is 0 Å². The van der Waals surface area contributed by atoms with E-state index in [4.69, 9.17) is 5.11 Å². The molecule has 1 aliphatic heterocycles. The van der Waals surface area contributed by atoms with Crippen LogP contribution in [0.15, 0.2) is 30.5 Å². The van der Waals surface area contributed by atoms with Crippen LogP contribution in [0, 0.1) is 0 Å². The maximum absolute atomic E-state index is 13.3. The number of likely N-dealkylation sites (tertiary alicyclic amines) is 1. The number of nitrogens with one attached hydrogen (secondary N) is 2. The van der Waals surface area contributed by atoms with Gasteiger partial charge in [-0.05, 0) is 30.5 Å². The first-order valence-electron chi connectivity index (χ1n) is 9.29. The number of hydrogen-bond acceptors (Lipinski definition) is 6. The van der Waals surface area contributed by atoms with Crippen LogP contribution in [0.5, 0.6) is 0 Å². The lowest BCUT2D eigenvalue weighted by atomic mass is 10.2. The molecule has 1 aromatic heterocycles. The molecule has 29 heavy (non-hydrogen) atoms. The second-order valence-corrected chi connectivity index (χ2v) is 6.70. The number of amides is 1. The number of aromatic nitrogens is 2. The SMILES string of the molecule is O=C1CCCN1CCCNc1nc(Nc2ccc(CO)cc2)ncc1C(F)(F)F. The summed E-state index contributed by atoms with van der Waals surface area (Å²) in [5.74, 6) is -0.205. The van der Waals surface area contributed by atoms with E-state index in [1.165, 1.54) is 0 Å². The Kier molecular flexibility index (Phi) is 6.53. The minimum Gasteiger partial charge on any atom is -0.392 e. The Hall–Kier alpha value is -2.88. The number of alkyl halides is 3. The van der Waals surface area contributed by atoms with Gasteiger partial charge in [0.15, 0.2) is 0 Å². The Labute approximate surface area is 166 Å². The highest BCUT2D eigenvalue weighted by Gasteiger charge is 2.35. The van der Waals surface area contributed by atoms with Crippen LogP contribution in [-0.2, 0) is 17.6 Å². The van der Waals surface area contributed by atoms with E-state index < -0.39 is 11.7 Å². The molecule has 0 aliphatic carbocycles. The molecule has 10 heteroatoms. The van der Waals surface area contributed by atoms with Gasteiger partial charge in [0.05, 0.1) is 6.61 Å². The third kappa shape index (κ3) is 5.57. The second kappa shape index (κ2) is 9.08. The number of benzene rings is 1. The van der Waals surface area contributed by atoms with Gasteiger partial charge >= 0.3 is 6.18 Å². The van der Waals surface area contributed by atoms with Crippen LogP contribution in [0.25, 0.3) is 0 Å². The van der Waals surface area contributed by atoms with Crippen molar-refractivity contribution in [2.24, 2.45) is 0 Å². The van der Waals surface area contributed by atoms with Crippen LogP contribution in [0.1, 0.15) is 30.4 Å². The van der Waals surface area contributed by atoms with Gasteiger partial charge in [-0.25, -0.2) is 4.98 Å². The Morgan fingerprint density at radius 1 is 1.21 bits per heavy atom. The number of carbonyl (C=O) groups excluding carboxylic acids is 1. The van der Waals surface area contributed by atoms with E-state index in [1.54, 1.807) is 29.2 Å². The monoisotopic (exact) mass is 409 g/mol. The van der Waals surface area contributed by atoms with Gasteiger partial charge in [-0.15, -0.1) is 0 Å². The molecule has 0 atom stereocenters. The van der Waals surface area contributed by atoms with Crippen LogP contribution in [0.4, 0.5) is 30.6 Å². The molecule has 156 valence electrons. The summed E-state index contributed by atoms with van der Waals surface area (Å²) in [6.07, 6.45) is -1.98. The highest BCUT2D eigenvalue weighted by Crippen LogP contribution is 2.34.